The molecule has 2 heterocycles. The van der Waals surface area contributed by atoms with Gasteiger partial charge in [-0.15, -0.1) is 0 Å². The van der Waals surface area contributed by atoms with Gasteiger partial charge in [0.2, 0.25) is 6.79 Å². The lowest BCUT2D eigenvalue weighted by atomic mass is 9.86. The third-order valence-electron chi connectivity index (χ3n) is 7.30. The van der Waals surface area contributed by atoms with Crippen molar-refractivity contribution in [2.24, 2.45) is 0 Å². The predicted octanol–water partition coefficient (Wildman–Crippen LogP) is 5.34. The zero-order valence-corrected chi connectivity index (χ0v) is 19.4. The van der Waals surface area contributed by atoms with E-state index in [1.54, 1.807) is 6.20 Å². The number of benzene rings is 3. The molecule has 4 aromatic rings. The number of nitrogens with one attached hydrogen (secondary N) is 1. The first-order valence-electron chi connectivity index (χ1n) is 11.8. The molecule has 0 saturated heterocycles. The van der Waals surface area contributed by atoms with Gasteiger partial charge in [-0.1, -0.05) is 30.3 Å². The second-order valence-electron chi connectivity index (χ2n) is 9.54. The van der Waals surface area contributed by atoms with Crippen molar-refractivity contribution in [2.45, 2.75) is 38.0 Å². The summed E-state index contributed by atoms with van der Waals surface area (Å²) in [4.78, 5) is 27.9. The first-order valence-corrected chi connectivity index (χ1v) is 11.8. The molecule has 6 nitrogen and oxygen atoms in total. The Labute approximate surface area is 202 Å². The van der Waals surface area contributed by atoms with Gasteiger partial charge >= 0.3 is 5.97 Å². The van der Waals surface area contributed by atoms with Crippen molar-refractivity contribution in [3.8, 4) is 22.6 Å². The van der Waals surface area contributed by atoms with Crippen molar-refractivity contribution < 1.29 is 24.2 Å². The number of ketones is 1. The number of hydrogen-bond acceptors (Lipinski definition) is 4. The van der Waals surface area contributed by atoms with E-state index >= 15 is 0 Å². The molecule has 2 N–H and O–H groups in total. The van der Waals surface area contributed by atoms with Crippen molar-refractivity contribution in [3.63, 3.8) is 0 Å². The van der Waals surface area contributed by atoms with E-state index in [0.717, 1.165) is 62.9 Å². The average Bonchev–Trinajstić information content (AvgIpc) is 3.37. The monoisotopic (exact) mass is 467 g/mol. The lowest BCUT2D eigenvalue weighted by molar-refractivity contribution is -0.136. The van der Waals surface area contributed by atoms with Crippen LogP contribution in [0.3, 0.4) is 0 Å². The maximum Gasteiger partial charge on any atom is 0.307 e. The lowest BCUT2D eigenvalue weighted by Crippen LogP contribution is -2.22. The van der Waals surface area contributed by atoms with E-state index in [2.05, 4.69) is 24.0 Å². The number of carboxylic acids is 1. The van der Waals surface area contributed by atoms with Gasteiger partial charge in [0.05, 0.1) is 11.8 Å². The van der Waals surface area contributed by atoms with Crippen molar-refractivity contribution in [2.75, 3.05) is 6.79 Å². The minimum Gasteiger partial charge on any atom is -0.481 e. The first kappa shape index (κ1) is 21.5. The van der Waals surface area contributed by atoms with E-state index < -0.39 is 11.4 Å². The van der Waals surface area contributed by atoms with Crippen LogP contribution < -0.4 is 9.47 Å². The Morgan fingerprint density at radius 3 is 2.60 bits per heavy atom. The van der Waals surface area contributed by atoms with Crippen LogP contribution in [0.4, 0.5) is 0 Å². The summed E-state index contributed by atoms with van der Waals surface area (Å²) in [5.41, 5.74) is 6.37. The van der Waals surface area contributed by atoms with Gasteiger partial charge in [0.1, 0.15) is 5.78 Å². The lowest BCUT2D eigenvalue weighted by Gasteiger charge is -2.16. The van der Waals surface area contributed by atoms with Gasteiger partial charge in [0, 0.05) is 23.5 Å². The average molecular weight is 468 g/mol. The fraction of sp³-hybridized carbons (Fsp3) is 0.241. The third kappa shape index (κ3) is 3.75. The molecular weight excluding hydrogens is 442 g/mol. The Morgan fingerprint density at radius 2 is 1.80 bits per heavy atom. The summed E-state index contributed by atoms with van der Waals surface area (Å²) >= 11 is 0. The molecule has 1 aliphatic heterocycles. The van der Waals surface area contributed by atoms with Crippen LogP contribution in [-0.2, 0) is 27.8 Å². The van der Waals surface area contributed by atoms with Gasteiger partial charge in [-0.05, 0) is 77.4 Å². The summed E-state index contributed by atoms with van der Waals surface area (Å²) in [5, 5.41) is 10.1. The maximum atomic E-state index is 13.5. The molecule has 0 radical (unpaired) electrons. The summed E-state index contributed by atoms with van der Waals surface area (Å²) in [5.74, 6) is 0.799. The second-order valence-corrected chi connectivity index (χ2v) is 9.54. The van der Waals surface area contributed by atoms with Crippen LogP contribution in [0.1, 0.15) is 35.1 Å². The number of H-pyrrole nitrogens is 1. The molecule has 2 aliphatic rings. The van der Waals surface area contributed by atoms with Crippen LogP contribution in [0.15, 0.2) is 60.8 Å². The number of aliphatic carboxylic acids is 1. The highest BCUT2D eigenvalue weighted by Gasteiger charge is 2.50. The Kier molecular flexibility index (Phi) is 4.92. The highest BCUT2D eigenvalue weighted by molar-refractivity contribution is 5.95. The highest BCUT2D eigenvalue weighted by atomic mass is 16.7. The Balaban J connectivity index is 1.29. The maximum absolute atomic E-state index is 13.5. The van der Waals surface area contributed by atoms with Crippen LogP contribution in [0.25, 0.3) is 22.0 Å². The zero-order chi connectivity index (χ0) is 24.2. The Morgan fingerprint density at radius 1 is 0.971 bits per heavy atom. The van der Waals surface area contributed by atoms with E-state index in [9.17, 15) is 14.7 Å². The van der Waals surface area contributed by atoms with Gasteiger partial charge in [0.15, 0.2) is 11.5 Å². The number of hydrogen-bond donors (Lipinski definition) is 2. The standard InChI is InChI=1S/C29H25NO5/c1-17-2-3-18(10-22(17)19-4-6-24-23(12-19)20(15-30-24)13-28(32)33)11-27(31)29(8-9-29)21-5-7-25-26(14-21)35-16-34-25/h2-7,10,12,14-15,30H,8-9,11,13,16H2,1H3,(H,32,33). The molecule has 0 amide bonds. The number of aryl methyl sites for hydroxylation is 1. The normalized spacial score (nSPS) is 15.3. The topological polar surface area (TPSA) is 88.6 Å². The summed E-state index contributed by atoms with van der Waals surface area (Å²) in [6.07, 6.45) is 3.79. The number of carboxylic acid groups (broad SMARTS) is 1. The van der Waals surface area contributed by atoms with E-state index in [4.69, 9.17) is 9.47 Å². The molecular formula is C29H25NO5. The second kappa shape index (κ2) is 8.01. The SMILES string of the molecule is Cc1ccc(CC(=O)C2(c3ccc4c(c3)OCO4)CC2)cc1-c1ccc2[nH]cc(CC(=O)O)c2c1. The molecule has 6 heteroatoms. The Hall–Kier alpha value is -4.06. The van der Waals surface area contributed by atoms with Crippen molar-refractivity contribution in [3.05, 3.63) is 83.0 Å². The van der Waals surface area contributed by atoms with Crippen LogP contribution in [0.2, 0.25) is 0 Å². The zero-order valence-electron chi connectivity index (χ0n) is 19.4. The number of carbonyl (C=O) groups excluding carboxylic acids is 1. The van der Waals surface area contributed by atoms with Crippen molar-refractivity contribution in [1.82, 2.24) is 4.98 Å². The molecule has 0 unspecified atom stereocenters. The number of rotatable bonds is 7. The van der Waals surface area contributed by atoms with Gasteiger partial charge in [-0.25, -0.2) is 0 Å². The molecule has 176 valence electrons. The summed E-state index contributed by atoms with van der Waals surface area (Å²) < 4.78 is 10.9. The minimum atomic E-state index is -0.857. The molecule has 6 rings (SSSR count). The minimum absolute atomic E-state index is 0.0289. The molecule has 35 heavy (non-hydrogen) atoms. The molecule has 0 bridgehead atoms. The fourth-order valence-electron chi connectivity index (χ4n) is 5.15. The first-order chi connectivity index (χ1) is 16.9. The smallest absolute Gasteiger partial charge is 0.307 e. The van der Waals surface area contributed by atoms with Crippen LogP contribution >= 0.6 is 0 Å². The molecule has 1 aliphatic carbocycles. The van der Waals surface area contributed by atoms with Crippen LogP contribution in [0.5, 0.6) is 11.5 Å². The third-order valence-corrected chi connectivity index (χ3v) is 7.30. The predicted molar refractivity (Wildman–Crippen MR) is 132 cm³/mol. The van der Waals surface area contributed by atoms with E-state index in [1.165, 1.54) is 0 Å². The Bertz CT molecular complexity index is 1490. The summed E-state index contributed by atoms with van der Waals surface area (Å²) in [7, 11) is 0. The molecule has 1 aromatic heterocycles. The summed E-state index contributed by atoms with van der Waals surface area (Å²) in [6.45, 7) is 2.27. The van der Waals surface area contributed by atoms with Gasteiger partial charge in [-0.2, -0.15) is 0 Å². The van der Waals surface area contributed by atoms with Crippen molar-refractivity contribution in [1.29, 1.82) is 0 Å². The largest absolute Gasteiger partial charge is 0.481 e. The number of ether oxygens (including phenoxy) is 2. The van der Waals surface area contributed by atoms with Gasteiger partial charge < -0.3 is 19.6 Å². The highest BCUT2D eigenvalue weighted by Crippen LogP contribution is 2.51. The van der Waals surface area contributed by atoms with Crippen LogP contribution in [0, 0.1) is 6.92 Å². The van der Waals surface area contributed by atoms with E-state index in [0.29, 0.717) is 12.2 Å². The number of carbonyl (C=O) groups is 2. The van der Waals surface area contributed by atoms with E-state index in [1.807, 2.05) is 42.5 Å². The number of Topliss-reactive ketones (excluding diaryl/α,β-unsaturated/α-hetero) is 1. The quantitative estimate of drug-likeness (QED) is 0.383. The van der Waals surface area contributed by atoms with Crippen LogP contribution in [-0.4, -0.2) is 28.6 Å². The molecule has 0 atom stereocenters. The van der Waals surface area contributed by atoms with Gasteiger partial charge in [0.25, 0.3) is 0 Å². The summed E-state index contributed by atoms with van der Waals surface area (Å²) in [6, 6.07) is 18.0. The van der Waals surface area contributed by atoms with E-state index in [-0.39, 0.29) is 19.0 Å². The number of aromatic amines is 1. The molecule has 3 aromatic carbocycles. The molecule has 1 fully saturated rings. The number of aromatic nitrogens is 1. The van der Waals surface area contributed by atoms with Gasteiger partial charge in [-0.3, -0.25) is 9.59 Å². The van der Waals surface area contributed by atoms with Crippen molar-refractivity contribution >= 4 is 22.7 Å². The fourth-order valence-corrected chi connectivity index (χ4v) is 5.15. The molecule has 1 saturated carbocycles. The molecule has 0 spiro atoms. The number of fused-ring (bicyclic) bond motifs is 2.